The number of carbonyl (C=O) groups excluding carboxylic acids is 1. The van der Waals surface area contributed by atoms with Crippen LogP contribution in [-0.2, 0) is 17.8 Å². The molecule has 0 aromatic heterocycles. The van der Waals surface area contributed by atoms with E-state index in [1.165, 1.54) is 0 Å². The van der Waals surface area contributed by atoms with Crippen LogP contribution in [0.1, 0.15) is 17.5 Å². The van der Waals surface area contributed by atoms with Crippen LogP contribution in [0.15, 0.2) is 36.4 Å². The number of aryl methyl sites for hydroxylation is 1. The molecule has 1 aliphatic rings. The topological polar surface area (TPSA) is 64.3 Å². The Labute approximate surface area is 127 Å². The predicted molar refractivity (Wildman–Crippen MR) is 83.6 cm³/mol. The number of benzene rings is 2. The summed E-state index contributed by atoms with van der Waals surface area (Å²) in [4.78, 5) is 11.3. The first-order chi connectivity index (χ1) is 10.1. The number of hydrogen-bond donors (Lipinski definition) is 2. The second kappa shape index (κ2) is 5.66. The number of nitrogens with one attached hydrogen (secondary N) is 1. The number of ether oxygens (including phenoxy) is 1. The van der Waals surface area contributed by atoms with Crippen molar-refractivity contribution in [3.8, 4) is 5.75 Å². The standard InChI is InChI=1S/C16H15ClN2O2/c17-12-3-1-11(14(18)8-12)9-21-13-4-5-15-10(7-13)2-6-16(20)19-15/h1,3-5,7-8H,2,6,9,18H2,(H,19,20). The van der Waals surface area contributed by atoms with Crippen molar-refractivity contribution in [1.29, 1.82) is 0 Å². The number of nitrogen functional groups attached to an aromatic ring is 1. The highest BCUT2D eigenvalue weighted by Gasteiger charge is 2.15. The highest BCUT2D eigenvalue weighted by atomic mass is 35.5. The van der Waals surface area contributed by atoms with Crippen LogP contribution in [0.2, 0.25) is 5.02 Å². The van der Waals surface area contributed by atoms with Gasteiger partial charge in [-0.3, -0.25) is 4.79 Å². The van der Waals surface area contributed by atoms with Crippen molar-refractivity contribution in [3.63, 3.8) is 0 Å². The number of anilines is 2. The third-order valence-electron chi connectivity index (χ3n) is 3.47. The maximum atomic E-state index is 11.3. The smallest absolute Gasteiger partial charge is 0.224 e. The predicted octanol–water partition coefficient (Wildman–Crippen LogP) is 3.39. The first-order valence-corrected chi connectivity index (χ1v) is 7.09. The molecule has 1 amide bonds. The first kappa shape index (κ1) is 13.8. The van der Waals surface area contributed by atoms with Crippen LogP contribution >= 0.6 is 11.6 Å². The summed E-state index contributed by atoms with van der Waals surface area (Å²) in [7, 11) is 0. The van der Waals surface area contributed by atoms with Crippen molar-refractivity contribution in [3.05, 3.63) is 52.5 Å². The molecule has 2 aromatic carbocycles. The van der Waals surface area contributed by atoms with Crippen molar-refractivity contribution < 1.29 is 9.53 Å². The van der Waals surface area contributed by atoms with Crippen LogP contribution in [0.4, 0.5) is 11.4 Å². The van der Waals surface area contributed by atoms with Crippen LogP contribution < -0.4 is 15.8 Å². The number of carbonyl (C=O) groups is 1. The molecule has 0 fully saturated rings. The highest BCUT2D eigenvalue weighted by Crippen LogP contribution is 2.27. The van der Waals surface area contributed by atoms with Gasteiger partial charge in [-0.1, -0.05) is 17.7 Å². The molecule has 0 bridgehead atoms. The largest absolute Gasteiger partial charge is 0.489 e. The fourth-order valence-electron chi connectivity index (χ4n) is 2.31. The minimum absolute atomic E-state index is 0.0603. The zero-order valence-corrected chi connectivity index (χ0v) is 12.1. The van der Waals surface area contributed by atoms with E-state index in [2.05, 4.69) is 5.32 Å². The Balaban J connectivity index is 1.72. The average molecular weight is 303 g/mol. The number of halogens is 1. The van der Waals surface area contributed by atoms with E-state index >= 15 is 0 Å². The van der Waals surface area contributed by atoms with Crippen LogP contribution in [0, 0.1) is 0 Å². The minimum Gasteiger partial charge on any atom is -0.489 e. The molecule has 0 spiro atoms. The number of nitrogens with two attached hydrogens (primary N) is 1. The number of hydrogen-bond acceptors (Lipinski definition) is 3. The third kappa shape index (κ3) is 3.11. The van der Waals surface area contributed by atoms with Crippen molar-refractivity contribution >= 4 is 28.9 Å². The van der Waals surface area contributed by atoms with Gasteiger partial charge in [0.25, 0.3) is 0 Å². The summed E-state index contributed by atoms with van der Waals surface area (Å²) < 4.78 is 5.77. The molecular weight excluding hydrogens is 288 g/mol. The Morgan fingerprint density at radius 1 is 1.19 bits per heavy atom. The lowest BCUT2D eigenvalue weighted by atomic mass is 10.0. The lowest BCUT2D eigenvalue weighted by Crippen LogP contribution is -2.18. The summed E-state index contributed by atoms with van der Waals surface area (Å²) >= 11 is 5.87. The van der Waals surface area contributed by atoms with Gasteiger partial charge in [-0.2, -0.15) is 0 Å². The van der Waals surface area contributed by atoms with E-state index in [4.69, 9.17) is 22.1 Å². The average Bonchev–Trinajstić information content (AvgIpc) is 2.46. The lowest BCUT2D eigenvalue weighted by Gasteiger charge is -2.18. The zero-order chi connectivity index (χ0) is 14.8. The normalized spacial score (nSPS) is 13.5. The molecular formula is C16H15ClN2O2. The fourth-order valence-corrected chi connectivity index (χ4v) is 2.49. The van der Waals surface area contributed by atoms with Gasteiger partial charge in [0.2, 0.25) is 5.91 Å². The van der Waals surface area contributed by atoms with Gasteiger partial charge in [0.05, 0.1) is 0 Å². The summed E-state index contributed by atoms with van der Waals surface area (Å²) in [5.41, 5.74) is 9.37. The van der Waals surface area contributed by atoms with E-state index in [-0.39, 0.29) is 5.91 Å². The van der Waals surface area contributed by atoms with E-state index in [0.717, 1.165) is 29.0 Å². The van der Waals surface area contributed by atoms with E-state index in [9.17, 15) is 4.79 Å². The third-order valence-corrected chi connectivity index (χ3v) is 3.71. The molecule has 0 unspecified atom stereocenters. The van der Waals surface area contributed by atoms with Crippen LogP contribution in [-0.4, -0.2) is 5.91 Å². The zero-order valence-electron chi connectivity index (χ0n) is 11.4. The van der Waals surface area contributed by atoms with Gasteiger partial charge in [0.15, 0.2) is 0 Å². The van der Waals surface area contributed by atoms with Crippen molar-refractivity contribution in [2.75, 3.05) is 11.1 Å². The minimum atomic E-state index is 0.0603. The summed E-state index contributed by atoms with van der Waals surface area (Å²) in [6.45, 7) is 0.383. The van der Waals surface area contributed by atoms with Crippen molar-refractivity contribution in [1.82, 2.24) is 0 Å². The molecule has 0 atom stereocenters. The quantitative estimate of drug-likeness (QED) is 0.854. The Morgan fingerprint density at radius 2 is 2.05 bits per heavy atom. The van der Waals surface area contributed by atoms with Crippen LogP contribution in [0.3, 0.4) is 0 Å². The molecule has 5 heteroatoms. The van der Waals surface area contributed by atoms with Gasteiger partial charge in [-0.25, -0.2) is 0 Å². The van der Waals surface area contributed by atoms with Crippen molar-refractivity contribution in [2.45, 2.75) is 19.4 Å². The van der Waals surface area contributed by atoms with Gasteiger partial charge in [0, 0.05) is 28.4 Å². The summed E-state index contributed by atoms with van der Waals surface area (Å²) in [6.07, 6.45) is 1.25. The van der Waals surface area contributed by atoms with Gasteiger partial charge in [0.1, 0.15) is 12.4 Å². The summed E-state index contributed by atoms with van der Waals surface area (Å²) in [5, 5.41) is 3.46. The molecule has 0 aliphatic carbocycles. The molecule has 3 rings (SSSR count). The Hall–Kier alpha value is -2.20. The van der Waals surface area contributed by atoms with Crippen LogP contribution in [0.25, 0.3) is 0 Å². The molecule has 21 heavy (non-hydrogen) atoms. The van der Waals surface area contributed by atoms with E-state index in [1.54, 1.807) is 12.1 Å². The van der Waals surface area contributed by atoms with E-state index in [1.807, 2.05) is 24.3 Å². The number of fused-ring (bicyclic) bond motifs is 1. The van der Waals surface area contributed by atoms with E-state index in [0.29, 0.717) is 23.7 Å². The summed E-state index contributed by atoms with van der Waals surface area (Å²) in [5.74, 6) is 0.823. The van der Waals surface area contributed by atoms with Gasteiger partial charge >= 0.3 is 0 Å². The van der Waals surface area contributed by atoms with Crippen molar-refractivity contribution in [2.24, 2.45) is 0 Å². The Morgan fingerprint density at radius 3 is 2.86 bits per heavy atom. The van der Waals surface area contributed by atoms with Crippen LogP contribution in [0.5, 0.6) is 5.75 Å². The molecule has 108 valence electrons. The van der Waals surface area contributed by atoms with Gasteiger partial charge < -0.3 is 15.8 Å². The van der Waals surface area contributed by atoms with E-state index < -0.39 is 0 Å². The fraction of sp³-hybridized carbons (Fsp3) is 0.188. The molecule has 0 saturated carbocycles. The number of amides is 1. The number of rotatable bonds is 3. The molecule has 1 heterocycles. The highest BCUT2D eigenvalue weighted by molar-refractivity contribution is 6.30. The summed E-state index contributed by atoms with van der Waals surface area (Å²) in [6, 6.07) is 11.0. The SMILES string of the molecule is Nc1cc(Cl)ccc1COc1ccc2c(c1)CCC(=O)N2. The lowest BCUT2D eigenvalue weighted by molar-refractivity contribution is -0.116. The molecule has 0 saturated heterocycles. The molecule has 4 nitrogen and oxygen atoms in total. The monoisotopic (exact) mass is 302 g/mol. The van der Waals surface area contributed by atoms with Gasteiger partial charge in [-0.05, 0) is 42.3 Å². The maximum absolute atomic E-state index is 11.3. The van der Waals surface area contributed by atoms with Gasteiger partial charge in [-0.15, -0.1) is 0 Å². The first-order valence-electron chi connectivity index (χ1n) is 6.71. The second-order valence-electron chi connectivity index (χ2n) is 5.00. The molecule has 2 aromatic rings. The molecule has 3 N–H and O–H groups in total. The second-order valence-corrected chi connectivity index (χ2v) is 5.44. The Kier molecular flexibility index (Phi) is 3.71. The molecule has 0 radical (unpaired) electrons. The molecule has 1 aliphatic heterocycles. The maximum Gasteiger partial charge on any atom is 0.224 e. The Bertz CT molecular complexity index is 701.